The van der Waals surface area contributed by atoms with E-state index in [2.05, 4.69) is 46.4 Å². The van der Waals surface area contributed by atoms with E-state index < -0.39 is 0 Å². The minimum Gasteiger partial charge on any atom is -0.494 e. The van der Waals surface area contributed by atoms with E-state index in [1.807, 2.05) is 60.7 Å². The minimum atomic E-state index is 0.696. The smallest absolute Gasteiger partial charge is 0.149 e. The van der Waals surface area contributed by atoms with Gasteiger partial charge in [0.15, 0.2) is 0 Å². The van der Waals surface area contributed by atoms with Crippen LogP contribution in [0.1, 0.15) is 5.82 Å². The molecule has 0 aliphatic rings. The third-order valence-electron chi connectivity index (χ3n) is 5.24. The maximum atomic E-state index is 5.40. The lowest BCUT2D eigenvalue weighted by molar-refractivity contribution is 0.416. The van der Waals surface area contributed by atoms with Crippen molar-refractivity contribution < 1.29 is 4.74 Å². The lowest BCUT2D eigenvalue weighted by Gasteiger charge is -2.07. The first-order valence-electron chi connectivity index (χ1n) is 10.1. The molecule has 0 radical (unpaired) electrons. The zero-order valence-corrected chi connectivity index (χ0v) is 17.1. The Morgan fingerprint density at radius 3 is 2.06 bits per heavy atom. The topological polar surface area (TPSA) is 50.3 Å². The van der Waals surface area contributed by atoms with Gasteiger partial charge in [0, 0.05) is 11.1 Å². The Balaban J connectivity index is 1.66. The van der Waals surface area contributed by atoms with E-state index in [-0.39, 0.29) is 0 Å². The predicted molar refractivity (Wildman–Crippen MR) is 127 cm³/mol. The normalized spacial score (nSPS) is 11.3. The number of nitrogens with zero attached hydrogens (tertiary/aromatic N) is 2. The van der Waals surface area contributed by atoms with Crippen LogP contribution in [0.15, 0.2) is 102 Å². The van der Waals surface area contributed by atoms with Crippen molar-refractivity contribution in [1.82, 2.24) is 9.97 Å². The van der Waals surface area contributed by atoms with Crippen molar-refractivity contribution in [1.29, 1.82) is 0 Å². The van der Waals surface area contributed by atoms with Crippen LogP contribution in [0.3, 0.4) is 0 Å². The maximum absolute atomic E-state index is 5.40. The second-order valence-corrected chi connectivity index (χ2v) is 7.17. The summed E-state index contributed by atoms with van der Waals surface area (Å²) in [6, 6.07) is 32.6. The molecule has 0 saturated carbocycles. The number of aliphatic imine (C=N–C) groups is 1. The lowest BCUT2D eigenvalue weighted by Crippen LogP contribution is -1.86. The molecule has 5 aromatic rings. The summed E-state index contributed by atoms with van der Waals surface area (Å²) in [5.41, 5.74) is 7.15. The van der Waals surface area contributed by atoms with Crippen molar-refractivity contribution in [2.75, 3.05) is 7.11 Å². The molecule has 4 aromatic carbocycles. The van der Waals surface area contributed by atoms with E-state index in [4.69, 9.17) is 9.72 Å². The van der Waals surface area contributed by atoms with Crippen LogP contribution < -0.4 is 4.74 Å². The molecule has 4 nitrogen and oxygen atoms in total. The molecule has 31 heavy (non-hydrogen) atoms. The molecule has 0 bridgehead atoms. The first-order chi connectivity index (χ1) is 15.3. The molecule has 0 amide bonds. The highest BCUT2D eigenvalue weighted by Crippen LogP contribution is 2.34. The van der Waals surface area contributed by atoms with Crippen molar-refractivity contribution in [2.24, 2.45) is 4.99 Å². The molecule has 1 heterocycles. The van der Waals surface area contributed by atoms with Crippen LogP contribution in [0, 0.1) is 0 Å². The fourth-order valence-electron chi connectivity index (χ4n) is 3.75. The van der Waals surface area contributed by atoms with Crippen LogP contribution in [0.2, 0.25) is 0 Å². The Morgan fingerprint density at radius 2 is 1.35 bits per heavy atom. The minimum absolute atomic E-state index is 0.696. The number of H-pyrrole nitrogens is 1. The molecule has 0 spiro atoms. The Bertz CT molecular complexity index is 1280. The molecule has 0 atom stereocenters. The third-order valence-corrected chi connectivity index (χ3v) is 5.24. The number of methoxy groups -OCH3 is 1. The van der Waals surface area contributed by atoms with Crippen molar-refractivity contribution in [3.05, 3.63) is 103 Å². The van der Waals surface area contributed by atoms with Crippen molar-refractivity contribution in [2.45, 2.75) is 0 Å². The van der Waals surface area contributed by atoms with Gasteiger partial charge in [-0.15, -0.1) is 0 Å². The highest BCUT2D eigenvalue weighted by molar-refractivity contribution is 6.02. The third kappa shape index (κ3) is 3.71. The summed E-state index contributed by atoms with van der Waals surface area (Å²) in [6.45, 7) is 0. The average molecular weight is 403 g/mol. The highest BCUT2D eigenvalue weighted by Gasteiger charge is 2.13. The van der Waals surface area contributed by atoms with E-state index in [1.54, 1.807) is 13.3 Å². The van der Waals surface area contributed by atoms with Gasteiger partial charge in [-0.05, 0) is 23.3 Å². The summed E-state index contributed by atoms with van der Waals surface area (Å²) in [7, 11) is 1.65. The van der Waals surface area contributed by atoms with Crippen molar-refractivity contribution >= 4 is 22.9 Å². The molecule has 0 aliphatic heterocycles. The van der Waals surface area contributed by atoms with Crippen LogP contribution in [0.4, 0.5) is 5.69 Å². The van der Waals surface area contributed by atoms with Gasteiger partial charge in [-0.25, -0.2) is 9.98 Å². The number of rotatable bonds is 5. The van der Waals surface area contributed by atoms with Gasteiger partial charge in [0.1, 0.15) is 17.3 Å². The largest absolute Gasteiger partial charge is 0.494 e. The van der Waals surface area contributed by atoms with Gasteiger partial charge in [0.25, 0.3) is 0 Å². The van der Waals surface area contributed by atoms with Gasteiger partial charge in [-0.1, -0.05) is 84.9 Å². The Hall–Kier alpha value is -4.18. The molecule has 0 fully saturated rings. The Kier molecular flexibility index (Phi) is 5.03. The fraction of sp³-hybridized carbons (Fsp3) is 0.0370. The van der Waals surface area contributed by atoms with Gasteiger partial charge in [-0.2, -0.15) is 0 Å². The lowest BCUT2D eigenvalue weighted by atomic mass is 9.98. The van der Waals surface area contributed by atoms with Gasteiger partial charge in [0.2, 0.25) is 0 Å². The number of imidazole rings is 1. The van der Waals surface area contributed by atoms with E-state index >= 15 is 0 Å². The van der Waals surface area contributed by atoms with Gasteiger partial charge in [0.05, 0.1) is 24.4 Å². The number of ether oxygens (including phenoxy) is 1. The highest BCUT2D eigenvalue weighted by atomic mass is 16.5. The van der Waals surface area contributed by atoms with Gasteiger partial charge in [-0.3, -0.25) is 0 Å². The number of fused-ring (bicyclic) bond motifs is 1. The zero-order valence-electron chi connectivity index (χ0n) is 17.1. The second kappa shape index (κ2) is 8.28. The molecule has 150 valence electrons. The van der Waals surface area contributed by atoms with Crippen molar-refractivity contribution in [3.63, 3.8) is 0 Å². The van der Waals surface area contributed by atoms with Crippen LogP contribution in [-0.2, 0) is 0 Å². The van der Waals surface area contributed by atoms with Crippen molar-refractivity contribution in [3.8, 4) is 28.0 Å². The zero-order chi connectivity index (χ0) is 21.0. The summed E-state index contributed by atoms with van der Waals surface area (Å²) in [5.74, 6) is 1.42. The van der Waals surface area contributed by atoms with Crippen LogP contribution in [-0.4, -0.2) is 23.3 Å². The number of hydrogen-bond donors (Lipinski definition) is 1. The first-order valence-corrected chi connectivity index (χ1v) is 10.1. The molecule has 0 unspecified atom stereocenters. The summed E-state index contributed by atoms with van der Waals surface area (Å²) in [5, 5.41) is 0. The predicted octanol–water partition coefficient (Wildman–Crippen LogP) is 6.66. The van der Waals surface area contributed by atoms with Gasteiger partial charge >= 0.3 is 0 Å². The molecule has 5 rings (SSSR count). The summed E-state index contributed by atoms with van der Waals surface area (Å²) >= 11 is 0. The fourth-order valence-corrected chi connectivity index (χ4v) is 3.75. The van der Waals surface area contributed by atoms with Crippen LogP contribution in [0.25, 0.3) is 33.3 Å². The first kappa shape index (κ1) is 18.8. The molecule has 4 heteroatoms. The summed E-state index contributed by atoms with van der Waals surface area (Å²) < 4.78 is 5.40. The summed E-state index contributed by atoms with van der Waals surface area (Å²) in [4.78, 5) is 13.0. The maximum Gasteiger partial charge on any atom is 0.149 e. The van der Waals surface area contributed by atoms with E-state index in [0.717, 1.165) is 44.7 Å². The van der Waals surface area contributed by atoms with Crippen LogP contribution >= 0.6 is 0 Å². The SMILES string of the molecule is COc1ccccc1N=Cc1nc2c(-c3ccccc3)ccc(-c3ccccc3)c2[nH]1. The molecule has 1 aromatic heterocycles. The molecule has 0 saturated heterocycles. The standard InChI is InChI=1S/C27H21N3O/c1-31-24-15-9-8-14-23(24)28-18-25-29-26-21(19-10-4-2-5-11-19)16-17-22(27(26)30-25)20-12-6-3-7-13-20/h2-18H,1H3,(H,29,30). The molecular weight excluding hydrogens is 382 g/mol. The summed E-state index contributed by atoms with van der Waals surface area (Å²) in [6.07, 6.45) is 1.75. The Morgan fingerprint density at radius 1 is 0.742 bits per heavy atom. The molecule has 1 N–H and O–H groups in total. The second-order valence-electron chi connectivity index (χ2n) is 7.17. The number of aromatic nitrogens is 2. The monoisotopic (exact) mass is 403 g/mol. The number of aromatic amines is 1. The number of nitrogens with one attached hydrogen (secondary N) is 1. The number of hydrogen-bond acceptors (Lipinski definition) is 3. The molecular formula is C27H21N3O. The number of benzene rings is 4. The van der Waals surface area contributed by atoms with E-state index in [1.165, 1.54) is 0 Å². The van der Waals surface area contributed by atoms with E-state index in [0.29, 0.717) is 5.82 Å². The Labute approximate surface area is 180 Å². The number of para-hydroxylation sites is 2. The quantitative estimate of drug-likeness (QED) is 0.334. The van der Waals surface area contributed by atoms with Crippen LogP contribution in [0.5, 0.6) is 5.75 Å². The molecule has 0 aliphatic carbocycles. The van der Waals surface area contributed by atoms with E-state index in [9.17, 15) is 0 Å². The van der Waals surface area contributed by atoms with Gasteiger partial charge < -0.3 is 9.72 Å². The average Bonchev–Trinajstić information content (AvgIpc) is 3.27.